The van der Waals surface area contributed by atoms with E-state index in [2.05, 4.69) is 21.2 Å². The van der Waals surface area contributed by atoms with Crippen LogP contribution < -0.4 is 19.7 Å². The Bertz CT molecular complexity index is 1090. The number of nitrogens with one attached hydrogen (secondary N) is 1. The van der Waals surface area contributed by atoms with Crippen LogP contribution in [0, 0.1) is 0 Å². The van der Waals surface area contributed by atoms with Gasteiger partial charge in [-0.1, -0.05) is 40.6 Å². The molecule has 170 valence electrons. The third-order valence-electron chi connectivity index (χ3n) is 5.24. The van der Waals surface area contributed by atoms with E-state index in [0.29, 0.717) is 22.3 Å². The van der Waals surface area contributed by atoms with Gasteiger partial charge < -0.3 is 19.7 Å². The standard InChI is InChI=1S/C22H24Cl2N4O3S/c1-30-18-3-2-4-19-21(18)26-22(32-19)28-11-9-27(10-12-28)8-7-25-20(29)14-31-17-6-5-15(23)13-16(17)24/h2-6,13H,7-12,14H2,1H3,(H,25,29). The van der Waals surface area contributed by atoms with Crippen LogP contribution in [0.4, 0.5) is 5.13 Å². The normalized spacial score (nSPS) is 14.5. The molecule has 1 aromatic heterocycles. The molecule has 0 atom stereocenters. The molecule has 1 N–H and O–H groups in total. The number of anilines is 1. The predicted octanol–water partition coefficient (Wildman–Crippen LogP) is 3.93. The lowest BCUT2D eigenvalue weighted by Crippen LogP contribution is -2.48. The first-order valence-electron chi connectivity index (χ1n) is 10.3. The summed E-state index contributed by atoms with van der Waals surface area (Å²) in [7, 11) is 1.67. The van der Waals surface area contributed by atoms with Crippen molar-refractivity contribution in [3.05, 3.63) is 46.4 Å². The summed E-state index contributed by atoms with van der Waals surface area (Å²) >= 11 is 13.6. The topological polar surface area (TPSA) is 66.9 Å². The molecule has 2 aromatic carbocycles. The fraction of sp³-hybridized carbons (Fsp3) is 0.364. The van der Waals surface area contributed by atoms with Gasteiger partial charge >= 0.3 is 0 Å². The third-order valence-corrected chi connectivity index (χ3v) is 6.85. The zero-order chi connectivity index (χ0) is 22.5. The van der Waals surface area contributed by atoms with Crippen LogP contribution in [0.5, 0.6) is 11.5 Å². The van der Waals surface area contributed by atoms with Gasteiger partial charge in [0.1, 0.15) is 17.0 Å². The molecule has 32 heavy (non-hydrogen) atoms. The number of para-hydroxylation sites is 1. The molecule has 4 rings (SSSR count). The molecule has 1 saturated heterocycles. The van der Waals surface area contributed by atoms with Crippen molar-refractivity contribution in [3.8, 4) is 11.5 Å². The van der Waals surface area contributed by atoms with Crippen molar-refractivity contribution in [1.82, 2.24) is 15.2 Å². The summed E-state index contributed by atoms with van der Waals surface area (Å²) in [5.41, 5.74) is 0.919. The number of fused-ring (bicyclic) bond motifs is 1. The van der Waals surface area contributed by atoms with Crippen LogP contribution in [-0.4, -0.2) is 68.8 Å². The maximum atomic E-state index is 12.1. The molecule has 0 spiro atoms. The zero-order valence-corrected chi connectivity index (χ0v) is 20.0. The van der Waals surface area contributed by atoms with Crippen LogP contribution in [0.25, 0.3) is 10.2 Å². The van der Waals surface area contributed by atoms with Gasteiger partial charge in [0.15, 0.2) is 11.7 Å². The van der Waals surface area contributed by atoms with Crippen molar-refractivity contribution in [2.45, 2.75) is 0 Å². The van der Waals surface area contributed by atoms with E-state index in [1.54, 1.807) is 36.6 Å². The highest BCUT2D eigenvalue weighted by atomic mass is 35.5. The fourth-order valence-electron chi connectivity index (χ4n) is 3.51. The second-order valence-corrected chi connectivity index (χ2v) is 9.20. The zero-order valence-electron chi connectivity index (χ0n) is 17.6. The minimum absolute atomic E-state index is 0.0871. The number of thiazole rings is 1. The van der Waals surface area contributed by atoms with Crippen molar-refractivity contribution in [2.24, 2.45) is 0 Å². The number of hydrogen-bond donors (Lipinski definition) is 1. The van der Waals surface area contributed by atoms with Gasteiger partial charge in [-0.15, -0.1) is 0 Å². The van der Waals surface area contributed by atoms with E-state index in [4.69, 9.17) is 37.7 Å². The van der Waals surface area contributed by atoms with E-state index in [1.807, 2.05) is 12.1 Å². The number of rotatable bonds is 8. The summed E-state index contributed by atoms with van der Waals surface area (Å²) < 4.78 is 12.0. The molecule has 0 bridgehead atoms. The smallest absolute Gasteiger partial charge is 0.257 e. The summed E-state index contributed by atoms with van der Waals surface area (Å²) in [6, 6.07) is 10.9. The average Bonchev–Trinajstić information content (AvgIpc) is 3.23. The van der Waals surface area contributed by atoms with Gasteiger partial charge in [0.2, 0.25) is 0 Å². The lowest BCUT2D eigenvalue weighted by molar-refractivity contribution is -0.123. The molecule has 0 saturated carbocycles. The third kappa shape index (κ3) is 5.56. The largest absolute Gasteiger partial charge is 0.494 e. The second-order valence-electron chi connectivity index (χ2n) is 7.35. The number of aromatic nitrogens is 1. The Morgan fingerprint density at radius 1 is 1.16 bits per heavy atom. The van der Waals surface area contributed by atoms with Gasteiger partial charge in [0, 0.05) is 44.3 Å². The Kier molecular flexibility index (Phi) is 7.57. The van der Waals surface area contributed by atoms with Crippen LogP contribution >= 0.6 is 34.5 Å². The molecule has 0 radical (unpaired) electrons. The van der Waals surface area contributed by atoms with Crippen molar-refractivity contribution in [1.29, 1.82) is 0 Å². The van der Waals surface area contributed by atoms with Crippen molar-refractivity contribution in [2.75, 3.05) is 57.9 Å². The number of hydrogen-bond acceptors (Lipinski definition) is 7. The Morgan fingerprint density at radius 2 is 1.97 bits per heavy atom. The number of methoxy groups -OCH3 is 1. The first-order valence-corrected chi connectivity index (χ1v) is 11.9. The van der Waals surface area contributed by atoms with Gasteiger partial charge in [-0.05, 0) is 30.3 Å². The number of halogens is 2. The predicted molar refractivity (Wildman–Crippen MR) is 130 cm³/mol. The average molecular weight is 495 g/mol. The number of amides is 1. The first-order chi connectivity index (χ1) is 15.5. The second kappa shape index (κ2) is 10.6. The maximum absolute atomic E-state index is 12.1. The number of carbonyl (C=O) groups is 1. The van der Waals surface area contributed by atoms with E-state index in [9.17, 15) is 4.79 Å². The summed E-state index contributed by atoms with van der Waals surface area (Å²) in [5.74, 6) is 1.06. The summed E-state index contributed by atoms with van der Waals surface area (Å²) in [5, 5.41) is 4.82. The van der Waals surface area contributed by atoms with E-state index in [-0.39, 0.29) is 12.5 Å². The Labute approximate surface area is 200 Å². The Morgan fingerprint density at radius 3 is 2.72 bits per heavy atom. The Hall–Kier alpha value is -2.26. The molecule has 1 aliphatic rings. The molecule has 2 heterocycles. The number of piperazine rings is 1. The molecule has 10 heteroatoms. The van der Waals surface area contributed by atoms with Crippen LogP contribution in [0.3, 0.4) is 0 Å². The molecule has 0 aliphatic carbocycles. The van der Waals surface area contributed by atoms with Crippen LogP contribution in [0.1, 0.15) is 0 Å². The summed E-state index contributed by atoms with van der Waals surface area (Å²) in [6.07, 6.45) is 0. The molecular weight excluding hydrogens is 471 g/mol. The molecule has 1 fully saturated rings. The lowest BCUT2D eigenvalue weighted by Gasteiger charge is -2.34. The van der Waals surface area contributed by atoms with Gasteiger partial charge in [-0.2, -0.15) is 0 Å². The van der Waals surface area contributed by atoms with Gasteiger partial charge in [-0.3, -0.25) is 9.69 Å². The van der Waals surface area contributed by atoms with E-state index in [0.717, 1.165) is 53.8 Å². The van der Waals surface area contributed by atoms with Crippen molar-refractivity contribution >= 4 is 55.8 Å². The minimum Gasteiger partial charge on any atom is -0.494 e. The SMILES string of the molecule is COc1cccc2sc(N3CCN(CCNC(=O)COc4ccc(Cl)cc4Cl)CC3)nc12. The molecule has 1 aliphatic heterocycles. The lowest BCUT2D eigenvalue weighted by atomic mass is 10.3. The minimum atomic E-state index is -0.182. The highest BCUT2D eigenvalue weighted by molar-refractivity contribution is 7.22. The molecular formula is C22H24Cl2N4O3S. The van der Waals surface area contributed by atoms with Crippen molar-refractivity contribution < 1.29 is 14.3 Å². The monoisotopic (exact) mass is 494 g/mol. The number of benzene rings is 2. The summed E-state index contributed by atoms with van der Waals surface area (Å²) in [6.45, 7) is 4.89. The van der Waals surface area contributed by atoms with E-state index < -0.39 is 0 Å². The quantitative estimate of drug-likeness (QED) is 0.511. The fourth-order valence-corrected chi connectivity index (χ4v) is 5.01. The Balaban J connectivity index is 1.19. The highest BCUT2D eigenvalue weighted by Gasteiger charge is 2.20. The van der Waals surface area contributed by atoms with E-state index >= 15 is 0 Å². The summed E-state index contributed by atoms with van der Waals surface area (Å²) in [4.78, 5) is 21.5. The number of nitrogens with zero attached hydrogens (tertiary/aromatic N) is 3. The molecule has 3 aromatic rings. The number of carbonyl (C=O) groups excluding carboxylic acids is 1. The van der Waals surface area contributed by atoms with Gasteiger partial charge in [0.25, 0.3) is 5.91 Å². The molecule has 7 nitrogen and oxygen atoms in total. The number of ether oxygens (including phenoxy) is 2. The first kappa shape index (κ1) is 22.9. The molecule has 0 unspecified atom stereocenters. The van der Waals surface area contributed by atoms with Crippen LogP contribution in [0.2, 0.25) is 10.0 Å². The molecule has 1 amide bonds. The highest BCUT2D eigenvalue weighted by Crippen LogP contribution is 2.34. The van der Waals surface area contributed by atoms with E-state index in [1.165, 1.54) is 0 Å². The van der Waals surface area contributed by atoms with Gasteiger partial charge in [-0.25, -0.2) is 4.98 Å². The maximum Gasteiger partial charge on any atom is 0.257 e. The van der Waals surface area contributed by atoms with Gasteiger partial charge in [0.05, 0.1) is 16.8 Å². The van der Waals surface area contributed by atoms with Crippen LogP contribution in [-0.2, 0) is 4.79 Å². The van der Waals surface area contributed by atoms with Crippen molar-refractivity contribution in [3.63, 3.8) is 0 Å². The van der Waals surface area contributed by atoms with Crippen LogP contribution in [0.15, 0.2) is 36.4 Å².